The molecule has 0 heterocycles. The number of halogens is 1. The second-order valence-corrected chi connectivity index (χ2v) is 2.35. The summed E-state index contributed by atoms with van der Waals surface area (Å²) in [4.78, 5) is 10.1. The number of carbonyl (C=O) groups is 1. The number of aliphatic carboxylic acids is 1. The van der Waals surface area contributed by atoms with E-state index in [2.05, 4.69) is 0 Å². The fourth-order valence-electron chi connectivity index (χ4n) is 0.828. The molecule has 3 nitrogen and oxygen atoms in total. The van der Waals surface area contributed by atoms with Gasteiger partial charge >= 0.3 is 5.97 Å². The molecule has 2 N–H and O–H groups in total. The quantitative estimate of drug-likeness (QED) is 0.683. The Morgan fingerprint density at radius 3 is 2.77 bits per heavy atom. The number of rotatable bonds is 2. The van der Waals surface area contributed by atoms with Crippen LogP contribution in [-0.2, 0) is 4.79 Å². The van der Waals surface area contributed by atoms with Crippen molar-refractivity contribution in [3.8, 4) is 5.75 Å². The van der Waals surface area contributed by atoms with E-state index in [1.807, 2.05) is 0 Å². The van der Waals surface area contributed by atoms with E-state index in [1.165, 1.54) is 12.1 Å². The van der Waals surface area contributed by atoms with E-state index >= 15 is 0 Å². The molecule has 0 aliphatic heterocycles. The van der Waals surface area contributed by atoms with Crippen LogP contribution in [0.15, 0.2) is 24.3 Å². The van der Waals surface area contributed by atoms with E-state index in [0.29, 0.717) is 0 Å². The predicted octanol–water partition coefficient (Wildman–Crippen LogP) is 1.63. The minimum Gasteiger partial charge on any atom is -0.504 e. The van der Waals surface area contributed by atoms with Crippen molar-refractivity contribution in [3.63, 3.8) is 0 Å². The molecule has 4 heteroatoms. The van der Waals surface area contributed by atoms with Crippen LogP contribution in [-0.4, -0.2) is 16.2 Å². The van der Waals surface area contributed by atoms with Gasteiger partial charge in [-0.25, -0.2) is 9.18 Å². The van der Waals surface area contributed by atoms with Crippen molar-refractivity contribution in [2.75, 3.05) is 0 Å². The minimum atomic E-state index is -1.15. The molecule has 0 aliphatic rings. The summed E-state index contributed by atoms with van der Waals surface area (Å²) < 4.78 is 12.7. The van der Waals surface area contributed by atoms with Crippen LogP contribution in [0.5, 0.6) is 5.75 Å². The second-order valence-electron chi connectivity index (χ2n) is 2.35. The first-order valence-corrected chi connectivity index (χ1v) is 3.50. The Bertz CT molecular complexity index is 358. The predicted molar refractivity (Wildman–Crippen MR) is 44.7 cm³/mol. The van der Waals surface area contributed by atoms with Crippen molar-refractivity contribution in [2.45, 2.75) is 0 Å². The minimum absolute atomic E-state index is 0.141. The summed E-state index contributed by atoms with van der Waals surface area (Å²) in [7, 11) is 0. The number of hydrogen-bond acceptors (Lipinski definition) is 2. The van der Waals surface area contributed by atoms with Crippen molar-refractivity contribution in [1.82, 2.24) is 0 Å². The average Bonchev–Trinajstić information content (AvgIpc) is 2.07. The third kappa shape index (κ3) is 2.30. The Morgan fingerprint density at radius 1 is 1.46 bits per heavy atom. The molecule has 0 radical (unpaired) electrons. The molecule has 1 rings (SSSR count). The normalized spacial score (nSPS) is 10.5. The first-order chi connectivity index (χ1) is 6.11. The molecule has 0 aliphatic carbocycles. The maximum atomic E-state index is 12.7. The number of benzene rings is 1. The van der Waals surface area contributed by atoms with Crippen LogP contribution in [0.1, 0.15) is 5.56 Å². The first kappa shape index (κ1) is 9.25. The molecule has 1 aromatic rings. The van der Waals surface area contributed by atoms with E-state index in [0.717, 1.165) is 18.2 Å². The zero-order valence-corrected chi connectivity index (χ0v) is 6.57. The monoisotopic (exact) mass is 182 g/mol. The van der Waals surface area contributed by atoms with E-state index in [1.54, 1.807) is 0 Å². The molecular formula is C9H7FO3. The summed E-state index contributed by atoms with van der Waals surface area (Å²) in [6.45, 7) is 0. The smallest absolute Gasteiger partial charge is 0.328 e. The Labute approximate surface area is 73.8 Å². The lowest BCUT2D eigenvalue weighted by atomic mass is 10.2. The van der Waals surface area contributed by atoms with E-state index in [4.69, 9.17) is 10.2 Å². The highest BCUT2D eigenvalue weighted by Gasteiger charge is 2.02. The number of carboxylic acid groups (broad SMARTS) is 1. The Hall–Kier alpha value is -1.84. The van der Waals surface area contributed by atoms with Crippen LogP contribution < -0.4 is 0 Å². The third-order valence-electron chi connectivity index (χ3n) is 1.42. The molecule has 1 aromatic carbocycles. The summed E-state index contributed by atoms with van der Waals surface area (Å²) in [5, 5.41) is 17.4. The van der Waals surface area contributed by atoms with Gasteiger partial charge in [-0.05, 0) is 12.1 Å². The van der Waals surface area contributed by atoms with E-state index in [-0.39, 0.29) is 5.56 Å². The van der Waals surface area contributed by atoms with Crippen molar-refractivity contribution in [1.29, 1.82) is 0 Å². The van der Waals surface area contributed by atoms with Crippen molar-refractivity contribution in [2.24, 2.45) is 0 Å². The second kappa shape index (κ2) is 3.71. The standard InChI is InChI=1S/C9H7FO3/c10-7-3-1-2-6(9(7)13)4-5-8(11)12/h1-5,13H,(H,11,12)/b5-4+. The zero-order chi connectivity index (χ0) is 9.84. The summed E-state index contributed by atoms with van der Waals surface area (Å²) in [6, 6.07) is 3.89. The molecular weight excluding hydrogens is 175 g/mol. The maximum Gasteiger partial charge on any atom is 0.328 e. The highest BCUT2D eigenvalue weighted by molar-refractivity contribution is 5.85. The van der Waals surface area contributed by atoms with Crippen LogP contribution in [0.3, 0.4) is 0 Å². The van der Waals surface area contributed by atoms with Gasteiger partial charge < -0.3 is 10.2 Å². The number of carboxylic acids is 1. The molecule has 0 aromatic heterocycles. The molecule has 0 fully saturated rings. The molecule has 0 saturated carbocycles. The zero-order valence-electron chi connectivity index (χ0n) is 6.57. The largest absolute Gasteiger partial charge is 0.504 e. The van der Waals surface area contributed by atoms with Gasteiger partial charge in [0.25, 0.3) is 0 Å². The lowest BCUT2D eigenvalue weighted by molar-refractivity contribution is -0.131. The maximum absolute atomic E-state index is 12.7. The van der Waals surface area contributed by atoms with Gasteiger partial charge in [-0.2, -0.15) is 0 Å². The Morgan fingerprint density at radius 2 is 2.15 bits per heavy atom. The molecule has 13 heavy (non-hydrogen) atoms. The molecule has 68 valence electrons. The van der Waals surface area contributed by atoms with Gasteiger partial charge in [-0.3, -0.25) is 0 Å². The Balaban J connectivity index is 3.02. The van der Waals surface area contributed by atoms with Crippen LogP contribution in [0, 0.1) is 5.82 Å². The average molecular weight is 182 g/mol. The highest BCUT2D eigenvalue weighted by Crippen LogP contribution is 2.21. The number of aromatic hydroxyl groups is 1. The van der Waals surface area contributed by atoms with Gasteiger partial charge in [0.1, 0.15) is 0 Å². The number of para-hydroxylation sites is 1. The van der Waals surface area contributed by atoms with Gasteiger partial charge in [-0.15, -0.1) is 0 Å². The van der Waals surface area contributed by atoms with Gasteiger partial charge in [0.15, 0.2) is 11.6 Å². The molecule has 0 atom stereocenters. The molecule has 0 spiro atoms. The van der Waals surface area contributed by atoms with Crippen molar-refractivity contribution in [3.05, 3.63) is 35.7 Å². The van der Waals surface area contributed by atoms with Gasteiger partial charge in [0.05, 0.1) is 0 Å². The van der Waals surface area contributed by atoms with Crippen LogP contribution in [0.4, 0.5) is 4.39 Å². The van der Waals surface area contributed by atoms with Crippen molar-refractivity contribution >= 4 is 12.0 Å². The number of phenolic OH excluding ortho intramolecular Hbond substituents is 1. The summed E-state index contributed by atoms with van der Waals surface area (Å²) >= 11 is 0. The van der Waals surface area contributed by atoms with E-state index < -0.39 is 17.5 Å². The number of hydrogen-bond donors (Lipinski definition) is 2. The fraction of sp³-hybridized carbons (Fsp3) is 0. The van der Waals surface area contributed by atoms with Crippen LogP contribution in [0.25, 0.3) is 6.08 Å². The molecule has 0 amide bonds. The highest BCUT2D eigenvalue weighted by atomic mass is 19.1. The van der Waals surface area contributed by atoms with Gasteiger partial charge in [-0.1, -0.05) is 12.1 Å². The summed E-state index contributed by atoms with van der Waals surface area (Å²) in [5.41, 5.74) is 0.141. The van der Waals surface area contributed by atoms with Gasteiger partial charge in [0, 0.05) is 11.6 Å². The molecule has 0 unspecified atom stereocenters. The fourth-order valence-corrected chi connectivity index (χ4v) is 0.828. The SMILES string of the molecule is O=C(O)/C=C/c1cccc(F)c1O. The topological polar surface area (TPSA) is 57.5 Å². The van der Waals surface area contributed by atoms with Crippen molar-refractivity contribution < 1.29 is 19.4 Å². The van der Waals surface area contributed by atoms with Crippen LogP contribution >= 0.6 is 0 Å². The summed E-state index contributed by atoms with van der Waals surface area (Å²) in [6.07, 6.45) is 1.95. The van der Waals surface area contributed by atoms with Gasteiger partial charge in [0.2, 0.25) is 0 Å². The summed E-state index contributed by atoms with van der Waals surface area (Å²) in [5.74, 6) is -2.46. The number of phenols is 1. The van der Waals surface area contributed by atoms with Crippen LogP contribution in [0.2, 0.25) is 0 Å². The first-order valence-electron chi connectivity index (χ1n) is 3.50. The lowest BCUT2D eigenvalue weighted by Crippen LogP contribution is -1.86. The lowest BCUT2D eigenvalue weighted by Gasteiger charge is -1.98. The third-order valence-corrected chi connectivity index (χ3v) is 1.42. The Kier molecular flexibility index (Phi) is 2.64. The van der Waals surface area contributed by atoms with E-state index in [9.17, 15) is 9.18 Å². The molecule has 0 bridgehead atoms. The molecule has 0 saturated heterocycles.